The number of carbonyl (C=O) groups excluding carboxylic acids is 1. The number of nitrogens with zero attached hydrogens (tertiary/aromatic N) is 2. The maximum Gasteiger partial charge on any atom is 0.145 e. The second-order valence-corrected chi connectivity index (χ2v) is 8.01. The number of hydrogen-bond acceptors (Lipinski definition) is 4. The average Bonchev–Trinajstić information content (AvgIpc) is 2.61. The van der Waals surface area contributed by atoms with Crippen LogP contribution in [0.4, 0.5) is 5.69 Å². The fourth-order valence-electron chi connectivity index (χ4n) is 3.44. The molecule has 0 N–H and O–H groups in total. The van der Waals surface area contributed by atoms with Crippen LogP contribution in [0.3, 0.4) is 0 Å². The third-order valence-corrected chi connectivity index (χ3v) is 6.04. The Bertz CT molecular complexity index is 717. The van der Waals surface area contributed by atoms with Crippen molar-refractivity contribution in [1.29, 1.82) is 0 Å². The van der Waals surface area contributed by atoms with Gasteiger partial charge < -0.3 is 9.80 Å². The maximum absolute atomic E-state index is 12.5. The standard InChI is InChI=1S/C21H26N2OS/c1-16(24)21-20(17-10-5-4-6-11-17)23(15-9-14-22(2)3)18-12-7-8-13-19(18)25-21/h4-8,10-13,20-21H,9,14-15H2,1-3H3/t20-,21+/m0/s1. The summed E-state index contributed by atoms with van der Waals surface area (Å²) in [5, 5.41) is -0.0725. The molecule has 0 saturated heterocycles. The van der Waals surface area contributed by atoms with E-state index in [4.69, 9.17) is 0 Å². The van der Waals surface area contributed by atoms with Crippen LogP contribution in [0, 0.1) is 0 Å². The number of fused-ring (bicyclic) bond motifs is 1. The van der Waals surface area contributed by atoms with Crippen molar-refractivity contribution in [3.63, 3.8) is 0 Å². The van der Waals surface area contributed by atoms with Crippen molar-refractivity contribution in [2.75, 3.05) is 32.1 Å². The van der Waals surface area contributed by atoms with Crippen LogP contribution in [0.15, 0.2) is 59.5 Å². The van der Waals surface area contributed by atoms with Crippen molar-refractivity contribution in [2.24, 2.45) is 0 Å². The Labute approximate surface area is 155 Å². The monoisotopic (exact) mass is 354 g/mol. The topological polar surface area (TPSA) is 23.6 Å². The zero-order valence-corrected chi connectivity index (χ0v) is 16.0. The Balaban J connectivity index is 2.01. The van der Waals surface area contributed by atoms with Gasteiger partial charge in [0.05, 0.1) is 17.0 Å². The second kappa shape index (κ2) is 8.07. The van der Waals surface area contributed by atoms with Gasteiger partial charge in [0.15, 0.2) is 0 Å². The molecule has 0 radical (unpaired) electrons. The number of ketones is 1. The number of thioether (sulfide) groups is 1. The van der Waals surface area contributed by atoms with E-state index in [2.05, 4.69) is 72.4 Å². The highest BCUT2D eigenvalue weighted by molar-refractivity contribution is 8.01. The Kier molecular flexibility index (Phi) is 5.82. The average molecular weight is 355 g/mol. The summed E-state index contributed by atoms with van der Waals surface area (Å²) in [6.07, 6.45) is 1.07. The molecular formula is C21H26N2OS. The summed E-state index contributed by atoms with van der Waals surface area (Å²) in [5.74, 6) is 0.242. The molecule has 0 spiro atoms. The van der Waals surface area contributed by atoms with Crippen molar-refractivity contribution in [3.8, 4) is 0 Å². The number of hydrogen-bond donors (Lipinski definition) is 0. The minimum atomic E-state index is -0.0725. The number of Topliss-reactive ketones (excluding diaryl/α,β-unsaturated/α-hetero) is 1. The summed E-state index contributed by atoms with van der Waals surface area (Å²) in [5.41, 5.74) is 2.46. The Hall–Kier alpha value is -1.78. The van der Waals surface area contributed by atoms with Gasteiger partial charge in [-0.25, -0.2) is 0 Å². The van der Waals surface area contributed by atoms with Gasteiger partial charge in [0.25, 0.3) is 0 Å². The molecule has 2 aromatic carbocycles. The molecule has 3 nitrogen and oxygen atoms in total. The molecule has 0 amide bonds. The van der Waals surface area contributed by atoms with Crippen LogP contribution in [0.1, 0.15) is 24.9 Å². The molecule has 0 saturated carbocycles. The lowest BCUT2D eigenvalue weighted by Gasteiger charge is -2.43. The summed E-state index contributed by atoms with van der Waals surface area (Å²) < 4.78 is 0. The van der Waals surface area contributed by atoms with Gasteiger partial charge in [-0.2, -0.15) is 0 Å². The van der Waals surface area contributed by atoms with E-state index in [-0.39, 0.29) is 17.1 Å². The lowest BCUT2D eigenvalue weighted by molar-refractivity contribution is -0.116. The van der Waals surface area contributed by atoms with E-state index in [1.165, 1.54) is 16.1 Å². The lowest BCUT2D eigenvalue weighted by Crippen LogP contribution is -2.42. The quantitative estimate of drug-likeness (QED) is 0.774. The van der Waals surface area contributed by atoms with E-state index < -0.39 is 0 Å². The lowest BCUT2D eigenvalue weighted by atomic mass is 9.98. The molecule has 1 aliphatic rings. The molecule has 0 bridgehead atoms. The summed E-state index contributed by atoms with van der Waals surface area (Å²) in [7, 11) is 4.21. The maximum atomic E-state index is 12.5. The minimum Gasteiger partial charge on any atom is -0.362 e. The second-order valence-electron chi connectivity index (χ2n) is 6.82. The molecule has 1 heterocycles. The van der Waals surface area contributed by atoms with Crippen LogP contribution < -0.4 is 4.90 Å². The molecule has 0 unspecified atom stereocenters. The highest BCUT2D eigenvalue weighted by Crippen LogP contribution is 2.47. The van der Waals surface area contributed by atoms with Crippen molar-refractivity contribution < 1.29 is 4.79 Å². The molecule has 0 fully saturated rings. The van der Waals surface area contributed by atoms with Gasteiger partial charge in [-0.15, -0.1) is 11.8 Å². The molecular weight excluding hydrogens is 328 g/mol. The minimum absolute atomic E-state index is 0.0725. The Morgan fingerprint density at radius 2 is 1.76 bits per heavy atom. The third-order valence-electron chi connectivity index (χ3n) is 4.60. The van der Waals surface area contributed by atoms with Gasteiger partial charge in [-0.3, -0.25) is 4.79 Å². The highest BCUT2D eigenvalue weighted by Gasteiger charge is 2.38. The van der Waals surface area contributed by atoms with Crippen molar-refractivity contribution in [3.05, 3.63) is 60.2 Å². The van der Waals surface area contributed by atoms with E-state index in [0.29, 0.717) is 0 Å². The van der Waals surface area contributed by atoms with Crippen LogP contribution in [-0.4, -0.2) is 43.1 Å². The Morgan fingerprint density at radius 3 is 2.44 bits per heavy atom. The number of rotatable bonds is 6. The zero-order valence-electron chi connectivity index (χ0n) is 15.2. The summed E-state index contributed by atoms with van der Waals surface area (Å²) in [4.78, 5) is 18.3. The van der Waals surface area contributed by atoms with Gasteiger partial charge in [0, 0.05) is 11.4 Å². The number of para-hydroxylation sites is 1. The first-order valence-electron chi connectivity index (χ1n) is 8.80. The predicted octanol–water partition coefficient (Wildman–Crippen LogP) is 4.25. The third kappa shape index (κ3) is 4.07. The van der Waals surface area contributed by atoms with Crippen LogP contribution in [-0.2, 0) is 4.79 Å². The van der Waals surface area contributed by atoms with Crippen LogP contribution in [0.25, 0.3) is 0 Å². The van der Waals surface area contributed by atoms with E-state index in [1.807, 2.05) is 6.07 Å². The van der Waals surface area contributed by atoms with E-state index in [0.717, 1.165) is 19.5 Å². The van der Waals surface area contributed by atoms with E-state index >= 15 is 0 Å². The normalized spacial score (nSPS) is 19.8. The van der Waals surface area contributed by atoms with Gasteiger partial charge in [0.1, 0.15) is 5.78 Å². The summed E-state index contributed by atoms with van der Waals surface area (Å²) >= 11 is 1.71. The fourth-order valence-corrected chi connectivity index (χ4v) is 4.77. The van der Waals surface area contributed by atoms with Crippen molar-refractivity contribution in [2.45, 2.75) is 29.5 Å². The smallest absolute Gasteiger partial charge is 0.145 e. The first kappa shape index (κ1) is 18.0. The van der Waals surface area contributed by atoms with Gasteiger partial charge in [-0.1, -0.05) is 42.5 Å². The highest BCUT2D eigenvalue weighted by atomic mass is 32.2. The van der Waals surface area contributed by atoms with Crippen molar-refractivity contribution in [1.82, 2.24) is 4.90 Å². The number of benzene rings is 2. The number of anilines is 1. The van der Waals surface area contributed by atoms with Gasteiger partial charge in [-0.05, 0) is 51.7 Å². The van der Waals surface area contributed by atoms with E-state index in [9.17, 15) is 4.79 Å². The largest absolute Gasteiger partial charge is 0.362 e. The first-order chi connectivity index (χ1) is 12.1. The summed E-state index contributed by atoms with van der Waals surface area (Å²) in [6.45, 7) is 3.71. The summed E-state index contributed by atoms with van der Waals surface area (Å²) in [6, 6.07) is 19.0. The fraction of sp³-hybridized carbons (Fsp3) is 0.381. The van der Waals surface area contributed by atoms with Gasteiger partial charge >= 0.3 is 0 Å². The SMILES string of the molecule is CC(=O)[C@H]1Sc2ccccc2N(CCCN(C)C)[C@H]1c1ccccc1. The molecule has 0 aromatic heterocycles. The zero-order chi connectivity index (χ0) is 17.8. The molecule has 2 atom stereocenters. The van der Waals surface area contributed by atoms with Crippen LogP contribution in [0.2, 0.25) is 0 Å². The number of carbonyl (C=O) groups is 1. The molecule has 1 aliphatic heterocycles. The predicted molar refractivity (Wildman–Crippen MR) is 106 cm³/mol. The molecule has 3 rings (SSSR count). The van der Waals surface area contributed by atoms with Crippen LogP contribution >= 0.6 is 11.8 Å². The first-order valence-corrected chi connectivity index (χ1v) is 9.68. The molecule has 2 aromatic rings. The van der Waals surface area contributed by atoms with E-state index in [1.54, 1.807) is 18.7 Å². The van der Waals surface area contributed by atoms with Crippen LogP contribution in [0.5, 0.6) is 0 Å². The molecule has 4 heteroatoms. The molecule has 132 valence electrons. The molecule has 0 aliphatic carbocycles. The Morgan fingerprint density at radius 1 is 1.08 bits per heavy atom. The van der Waals surface area contributed by atoms with Crippen molar-refractivity contribution >= 4 is 23.2 Å². The van der Waals surface area contributed by atoms with Gasteiger partial charge in [0.2, 0.25) is 0 Å². The molecule has 25 heavy (non-hydrogen) atoms.